The Balaban J connectivity index is 2.16. The number of primary amides is 1. The van der Waals surface area contributed by atoms with Crippen LogP contribution in [-0.2, 0) is 11.2 Å². The third-order valence-electron chi connectivity index (χ3n) is 3.32. The van der Waals surface area contributed by atoms with Crippen LogP contribution in [-0.4, -0.2) is 25.6 Å². The summed E-state index contributed by atoms with van der Waals surface area (Å²) >= 11 is 12.0. The summed E-state index contributed by atoms with van der Waals surface area (Å²) in [5.41, 5.74) is 6.56. The molecule has 5 nitrogen and oxygen atoms in total. The van der Waals surface area contributed by atoms with Crippen LogP contribution < -0.4 is 10.5 Å². The van der Waals surface area contributed by atoms with Gasteiger partial charge in [-0.3, -0.25) is 4.79 Å². The van der Waals surface area contributed by atoms with Gasteiger partial charge in [0, 0.05) is 22.0 Å². The van der Waals surface area contributed by atoms with E-state index >= 15 is 0 Å². The Morgan fingerprint density at radius 1 is 1.12 bits per heavy atom. The van der Waals surface area contributed by atoms with E-state index in [0.29, 0.717) is 16.5 Å². The van der Waals surface area contributed by atoms with E-state index in [9.17, 15) is 9.59 Å². The fourth-order valence-electron chi connectivity index (χ4n) is 2.07. The zero-order chi connectivity index (χ0) is 17.7. The van der Waals surface area contributed by atoms with Crippen LogP contribution in [0.5, 0.6) is 5.75 Å². The Kier molecular flexibility index (Phi) is 6.06. The number of carbonyl (C=O) groups is 2. The number of amides is 1. The van der Waals surface area contributed by atoms with Crippen molar-refractivity contribution >= 4 is 35.1 Å². The van der Waals surface area contributed by atoms with Crippen LogP contribution in [0.2, 0.25) is 10.0 Å². The lowest BCUT2D eigenvalue weighted by molar-refractivity contribution is 0.0595. The van der Waals surface area contributed by atoms with Gasteiger partial charge in [-0.1, -0.05) is 29.3 Å². The van der Waals surface area contributed by atoms with E-state index in [1.165, 1.54) is 25.3 Å². The number of halogens is 2. The molecule has 126 valence electrons. The molecule has 0 spiro atoms. The Hall–Kier alpha value is -2.24. The fraction of sp³-hybridized carbons (Fsp3) is 0.176. The van der Waals surface area contributed by atoms with Gasteiger partial charge in [0.25, 0.3) is 0 Å². The highest BCUT2D eigenvalue weighted by Crippen LogP contribution is 2.24. The minimum Gasteiger partial charge on any atom is -0.492 e. The second-order valence-corrected chi connectivity index (χ2v) is 5.74. The molecule has 0 saturated heterocycles. The van der Waals surface area contributed by atoms with Crippen molar-refractivity contribution in [1.82, 2.24) is 0 Å². The quantitative estimate of drug-likeness (QED) is 0.792. The zero-order valence-electron chi connectivity index (χ0n) is 12.8. The molecule has 0 aliphatic carbocycles. The van der Waals surface area contributed by atoms with E-state index in [1.807, 2.05) is 0 Å². The highest BCUT2D eigenvalue weighted by atomic mass is 35.5. The summed E-state index contributed by atoms with van der Waals surface area (Å²) in [6.45, 7) is 0.244. The van der Waals surface area contributed by atoms with Gasteiger partial charge < -0.3 is 15.2 Å². The molecular formula is C17H15Cl2NO4. The number of methoxy groups -OCH3 is 1. The lowest BCUT2D eigenvalue weighted by Gasteiger charge is -2.12. The second-order valence-electron chi connectivity index (χ2n) is 4.90. The molecule has 0 heterocycles. The van der Waals surface area contributed by atoms with Gasteiger partial charge in [-0.2, -0.15) is 0 Å². The van der Waals surface area contributed by atoms with E-state index in [4.69, 9.17) is 38.4 Å². The maximum Gasteiger partial charge on any atom is 0.341 e. The van der Waals surface area contributed by atoms with Crippen LogP contribution in [0.15, 0.2) is 36.4 Å². The summed E-state index contributed by atoms with van der Waals surface area (Å²) in [4.78, 5) is 23.1. The molecule has 2 aromatic rings. The first-order valence-corrected chi connectivity index (χ1v) is 7.77. The van der Waals surface area contributed by atoms with Crippen LogP contribution in [0.1, 0.15) is 26.3 Å². The average molecular weight is 368 g/mol. The lowest BCUT2D eigenvalue weighted by atomic mass is 10.1. The van der Waals surface area contributed by atoms with E-state index in [-0.39, 0.29) is 23.5 Å². The number of esters is 1. The summed E-state index contributed by atoms with van der Waals surface area (Å²) in [6.07, 6.45) is 0.497. The van der Waals surface area contributed by atoms with Gasteiger partial charge in [-0.15, -0.1) is 0 Å². The highest BCUT2D eigenvalue weighted by Gasteiger charge is 2.15. The largest absolute Gasteiger partial charge is 0.492 e. The van der Waals surface area contributed by atoms with Gasteiger partial charge in [-0.25, -0.2) is 4.79 Å². The van der Waals surface area contributed by atoms with Crippen LogP contribution >= 0.6 is 23.2 Å². The minimum atomic E-state index is -0.614. The predicted octanol–water partition coefficient (Wildman–Crippen LogP) is 3.50. The standard InChI is InChI=1S/C17H15Cl2NO4/c1-23-17(22)13-5-3-11(16(20)21)8-15(13)24-7-6-10-2-4-12(18)9-14(10)19/h2-5,8-9H,6-7H2,1H3,(H2,20,21). The van der Waals surface area contributed by atoms with Crippen molar-refractivity contribution in [3.63, 3.8) is 0 Å². The van der Waals surface area contributed by atoms with Crippen molar-refractivity contribution < 1.29 is 19.1 Å². The molecule has 0 fully saturated rings. The van der Waals surface area contributed by atoms with Crippen LogP contribution in [0.4, 0.5) is 0 Å². The predicted molar refractivity (Wildman–Crippen MR) is 92.0 cm³/mol. The van der Waals surface area contributed by atoms with Crippen molar-refractivity contribution in [3.8, 4) is 5.75 Å². The normalized spacial score (nSPS) is 10.3. The first-order chi connectivity index (χ1) is 11.4. The first kappa shape index (κ1) is 18.1. The van der Waals surface area contributed by atoms with Crippen molar-refractivity contribution in [3.05, 3.63) is 63.1 Å². The van der Waals surface area contributed by atoms with E-state index in [0.717, 1.165) is 5.56 Å². The number of rotatable bonds is 6. The molecule has 2 rings (SSSR count). The molecule has 2 N–H and O–H groups in total. The number of ether oxygens (including phenoxy) is 2. The third-order valence-corrected chi connectivity index (χ3v) is 3.90. The topological polar surface area (TPSA) is 78.6 Å². The molecule has 0 aliphatic rings. The monoisotopic (exact) mass is 367 g/mol. The summed E-state index contributed by atoms with van der Waals surface area (Å²) in [5.74, 6) is -0.953. The molecule has 2 aromatic carbocycles. The number of hydrogen-bond donors (Lipinski definition) is 1. The van der Waals surface area contributed by atoms with Gasteiger partial charge in [0.1, 0.15) is 11.3 Å². The molecule has 7 heteroatoms. The van der Waals surface area contributed by atoms with Crippen molar-refractivity contribution in [1.29, 1.82) is 0 Å². The van der Waals surface area contributed by atoms with Gasteiger partial charge >= 0.3 is 5.97 Å². The minimum absolute atomic E-state index is 0.213. The number of benzene rings is 2. The summed E-state index contributed by atoms with van der Waals surface area (Å²) in [7, 11) is 1.27. The number of carbonyl (C=O) groups excluding carboxylic acids is 2. The molecule has 0 aliphatic heterocycles. The van der Waals surface area contributed by atoms with Gasteiger partial charge in [0.05, 0.1) is 13.7 Å². The average Bonchev–Trinajstić information content (AvgIpc) is 2.56. The number of nitrogens with two attached hydrogens (primary N) is 1. The fourth-order valence-corrected chi connectivity index (χ4v) is 2.57. The van der Waals surface area contributed by atoms with Gasteiger partial charge in [0.15, 0.2) is 0 Å². The third kappa shape index (κ3) is 4.40. The lowest BCUT2D eigenvalue weighted by Crippen LogP contribution is -2.13. The van der Waals surface area contributed by atoms with Crippen molar-refractivity contribution in [2.45, 2.75) is 6.42 Å². The summed E-state index contributed by atoms with van der Waals surface area (Å²) in [6, 6.07) is 9.48. The molecule has 1 amide bonds. The zero-order valence-corrected chi connectivity index (χ0v) is 14.4. The molecule has 24 heavy (non-hydrogen) atoms. The molecule has 0 atom stereocenters. The van der Waals surface area contributed by atoms with Crippen molar-refractivity contribution in [2.75, 3.05) is 13.7 Å². The Morgan fingerprint density at radius 3 is 2.50 bits per heavy atom. The van der Waals surface area contributed by atoms with E-state index < -0.39 is 11.9 Å². The number of hydrogen-bond acceptors (Lipinski definition) is 4. The highest BCUT2D eigenvalue weighted by molar-refractivity contribution is 6.35. The molecule has 0 aromatic heterocycles. The molecule has 0 bridgehead atoms. The van der Waals surface area contributed by atoms with Crippen LogP contribution in [0, 0.1) is 0 Å². The molecular weight excluding hydrogens is 353 g/mol. The van der Waals surface area contributed by atoms with E-state index in [2.05, 4.69) is 0 Å². The van der Waals surface area contributed by atoms with Gasteiger partial charge in [-0.05, 0) is 35.9 Å². The first-order valence-electron chi connectivity index (χ1n) is 7.01. The Morgan fingerprint density at radius 2 is 1.88 bits per heavy atom. The van der Waals surface area contributed by atoms with Crippen LogP contribution in [0.25, 0.3) is 0 Å². The van der Waals surface area contributed by atoms with Crippen LogP contribution in [0.3, 0.4) is 0 Å². The molecule has 0 saturated carbocycles. The maximum absolute atomic E-state index is 11.8. The van der Waals surface area contributed by atoms with Crippen molar-refractivity contribution in [2.24, 2.45) is 5.73 Å². The SMILES string of the molecule is COC(=O)c1ccc(C(N)=O)cc1OCCc1ccc(Cl)cc1Cl. The molecule has 0 unspecified atom stereocenters. The van der Waals surface area contributed by atoms with Gasteiger partial charge in [0.2, 0.25) is 5.91 Å². The summed E-state index contributed by atoms with van der Waals surface area (Å²) in [5, 5.41) is 1.08. The molecule has 0 radical (unpaired) electrons. The van der Waals surface area contributed by atoms with E-state index in [1.54, 1.807) is 18.2 Å². The summed E-state index contributed by atoms with van der Waals surface area (Å²) < 4.78 is 10.3. The second kappa shape index (κ2) is 8.04. The smallest absolute Gasteiger partial charge is 0.341 e. The Labute approximate surface area is 149 Å². The maximum atomic E-state index is 11.8. The Bertz CT molecular complexity index is 777.